The third-order valence-electron chi connectivity index (χ3n) is 1.67. The molecule has 8 heavy (non-hydrogen) atoms. The van der Waals surface area contributed by atoms with Crippen LogP contribution in [0.1, 0.15) is 24.3 Å². The van der Waals surface area contributed by atoms with E-state index >= 15 is 0 Å². The van der Waals surface area contributed by atoms with Gasteiger partial charge in [0.2, 0.25) is 0 Å². The minimum absolute atomic E-state index is 0.904. The van der Waals surface area contributed by atoms with E-state index in [4.69, 9.17) is 0 Å². The van der Waals surface area contributed by atoms with E-state index in [-0.39, 0.29) is 0 Å². The van der Waals surface area contributed by atoms with E-state index in [0.717, 1.165) is 5.92 Å². The zero-order valence-electron chi connectivity index (χ0n) is 4.72. The zero-order chi connectivity index (χ0) is 5.40. The first-order chi connectivity index (χ1) is 3.97. The van der Waals surface area contributed by atoms with Gasteiger partial charge in [0, 0.05) is 12.4 Å². The van der Waals surface area contributed by atoms with Gasteiger partial charge in [0.1, 0.15) is 0 Å². The summed E-state index contributed by atoms with van der Waals surface area (Å²) in [7, 11) is 0. The van der Waals surface area contributed by atoms with E-state index in [1.807, 2.05) is 6.20 Å². The molecule has 0 spiro atoms. The number of nitrogens with one attached hydrogen (secondary N) is 1. The maximum absolute atomic E-state index is 3.05. The van der Waals surface area contributed by atoms with E-state index in [0.29, 0.717) is 0 Å². The maximum Gasteiger partial charge on any atom is 0.00401 e. The van der Waals surface area contributed by atoms with Gasteiger partial charge in [-0.05, 0) is 30.4 Å². The Balaban J connectivity index is 2.28. The molecule has 1 nitrogen and oxygen atoms in total. The summed E-state index contributed by atoms with van der Waals surface area (Å²) in [5.41, 5.74) is 1.49. The summed E-state index contributed by atoms with van der Waals surface area (Å²) < 4.78 is 0. The number of H-pyrrole nitrogens is 1. The number of hydrogen-bond acceptors (Lipinski definition) is 0. The van der Waals surface area contributed by atoms with Crippen molar-refractivity contribution >= 4 is 0 Å². The summed E-state index contributed by atoms with van der Waals surface area (Å²) in [6.45, 7) is 0. The Labute approximate surface area is 48.7 Å². The molecule has 1 aliphatic carbocycles. The van der Waals surface area contributed by atoms with Crippen LogP contribution < -0.4 is 0 Å². The average Bonchev–Trinajstić information content (AvgIpc) is 2.49. The molecule has 1 aliphatic rings. The molecule has 1 fully saturated rings. The number of hydrogen-bond donors (Lipinski definition) is 1. The minimum Gasteiger partial charge on any atom is -0.367 e. The Hall–Kier alpha value is -0.720. The van der Waals surface area contributed by atoms with Crippen molar-refractivity contribution in [2.45, 2.75) is 18.8 Å². The highest BCUT2D eigenvalue weighted by Crippen LogP contribution is 2.39. The van der Waals surface area contributed by atoms with Gasteiger partial charge in [-0.3, -0.25) is 0 Å². The first kappa shape index (κ1) is 4.19. The van der Waals surface area contributed by atoms with Crippen LogP contribution in [0.15, 0.2) is 18.5 Å². The summed E-state index contributed by atoms with van der Waals surface area (Å²) in [5, 5.41) is 0. The van der Waals surface area contributed by atoms with Crippen molar-refractivity contribution in [2.24, 2.45) is 0 Å². The molecule has 0 saturated heterocycles. The van der Waals surface area contributed by atoms with Crippen LogP contribution in [0.4, 0.5) is 0 Å². The van der Waals surface area contributed by atoms with Crippen molar-refractivity contribution in [3.63, 3.8) is 0 Å². The molecular formula is C7H9N. The van der Waals surface area contributed by atoms with E-state index in [2.05, 4.69) is 17.2 Å². The van der Waals surface area contributed by atoms with E-state index in [1.54, 1.807) is 0 Å². The molecule has 1 heterocycles. The lowest BCUT2D eigenvalue weighted by Gasteiger charge is -1.82. The summed E-state index contributed by atoms with van der Waals surface area (Å²) in [5.74, 6) is 0.904. The highest BCUT2D eigenvalue weighted by Gasteiger charge is 2.22. The van der Waals surface area contributed by atoms with E-state index < -0.39 is 0 Å². The Morgan fingerprint density at radius 1 is 1.50 bits per heavy atom. The molecule has 0 bridgehead atoms. The van der Waals surface area contributed by atoms with Crippen LogP contribution in [-0.2, 0) is 0 Å². The molecule has 0 unspecified atom stereocenters. The molecular weight excluding hydrogens is 98.1 g/mol. The van der Waals surface area contributed by atoms with Gasteiger partial charge in [-0.25, -0.2) is 0 Å². The fraction of sp³-hybridized carbons (Fsp3) is 0.429. The second-order valence-corrected chi connectivity index (χ2v) is 2.42. The third kappa shape index (κ3) is 0.548. The first-order valence-corrected chi connectivity index (χ1v) is 3.09. The Morgan fingerprint density at radius 2 is 2.38 bits per heavy atom. The van der Waals surface area contributed by atoms with Crippen LogP contribution in [0.25, 0.3) is 0 Å². The highest BCUT2D eigenvalue weighted by atomic mass is 14.6. The van der Waals surface area contributed by atoms with E-state index in [9.17, 15) is 0 Å². The molecule has 1 N–H and O–H groups in total. The molecule has 42 valence electrons. The summed E-state index contributed by atoms with van der Waals surface area (Å²) in [6.07, 6.45) is 6.89. The molecule has 1 aromatic rings. The van der Waals surface area contributed by atoms with Gasteiger partial charge in [0.05, 0.1) is 0 Å². The lowest BCUT2D eigenvalue weighted by molar-refractivity contribution is 1.13. The largest absolute Gasteiger partial charge is 0.367 e. The molecule has 0 atom stereocenters. The van der Waals surface area contributed by atoms with Crippen LogP contribution in [0.5, 0.6) is 0 Å². The molecule has 1 saturated carbocycles. The summed E-state index contributed by atoms with van der Waals surface area (Å²) >= 11 is 0. The van der Waals surface area contributed by atoms with Crippen LogP contribution in [0, 0.1) is 0 Å². The smallest absolute Gasteiger partial charge is 0.00401 e. The molecule has 0 aliphatic heterocycles. The standard InChI is InChI=1S/C7H9N/c1-2-6(1)7-3-4-8-5-7/h3-6,8H,1-2H2. The van der Waals surface area contributed by atoms with Crippen molar-refractivity contribution in [2.75, 3.05) is 0 Å². The van der Waals surface area contributed by atoms with Gasteiger partial charge in [-0.1, -0.05) is 0 Å². The number of aromatic amines is 1. The van der Waals surface area contributed by atoms with Gasteiger partial charge < -0.3 is 4.98 Å². The SMILES string of the molecule is c1cc(C2CC2)c[nH]1. The van der Waals surface area contributed by atoms with Crippen molar-refractivity contribution in [3.8, 4) is 0 Å². The predicted molar refractivity (Wildman–Crippen MR) is 32.8 cm³/mol. The number of rotatable bonds is 1. The normalized spacial score (nSPS) is 19.0. The Morgan fingerprint density at radius 3 is 2.88 bits per heavy atom. The van der Waals surface area contributed by atoms with Crippen LogP contribution in [-0.4, -0.2) is 4.98 Å². The fourth-order valence-electron chi connectivity index (χ4n) is 1.01. The average molecular weight is 107 g/mol. The van der Waals surface area contributed by atoms with Gasteiger partial charge in [0.15, 0.2) is 0 Å². The van der Waals surface area contributed by atoms with Gasteiger partial charge in [-0.15, -0.1) is 0 Å². The molecule has 0 amide bonds. The second kappa shape index (κ2) is 1.38. The summed E-state index contributed by atoms with van der Waals surface area (Å²) in [6, 6.07) is 2.16. The van der Waals surface area contributed by atoms with Crippen molar-refractivity contribution in [1.82, 2.24) is 4.98 Å². The fourth-order valence-corrected chi connectivity index (χ4v) is 1.01. The first-order valence-electron chi connectivity index (χ1n) is 3.09. The maximum atomic E-state index is 3.05. The minimum atomic E-state index is 0.904. The molecule has 0 radical (unpaired) electrons. The molecule has 0 aromatic carbocycles. The van der Waals surface area contributed by atoms with Gasteiger partial charge in [-0.2, -0.15) is 0 Å². The van der Waals surface area contributed by atoms with Crippen LogP contribution in [0.2, 0.25) is 0 Å². The van der Waals surface area contributed by atoms with Crippen molar-refractivity contribution in [3.05, 3.63) is 24.0 Å². The third-order valence-corrected chi connectivity index (χ3v) is 1.67. The Kier molecular flexibility index (Phi) is 0.720. The van der Waals surface area contributed by atoms with E-state index in [1.165, 1.54) is 18.4 Å². The monoisotopic (exact) mass is 107 g/mol. The van der Waals surface area contributed by atoms with Crippen molar-refractivity contribution in [1.29, 1.82) is 0 Å². The topological polar surface area (TPSA) is 15.8 Å². The molecule has 1 heteroatoms. The molecule has 2 rings (SSSR count). The second-order valence-electron chi connectivity index (χ2n) is 2.42. The quantitative estimate of drug-likeness (QED) is 0.564. The predicted octanol–water partition coefficient (Wildman–Crippen LogP) is 1.89. The van der Waals surface area contributed by atoms with Crippen LogP contribution in [0.3, 0.4) is 0 Å². The van der Waals surface area contributed by atoms with Crippen LogP contribution >= 0.6 is 0 Å². The van der Waals surface area contributed by atoms with Gasteiger partial charge in [0.25, 0.3) is 0 Å². The van der Waals surface area contributed by atoms with Gasteiger partial charge >= 0.3 is 0 Å². The zero-order valence-corrected chi connectivity index (χ0v) is 4.72. The Bertz CT molecular complexity index is 161. The summed E-state index contributed by atoms with van der Waals surface area (Å²) in [4.78, 5) is 3.05. The highest BCUT2D eigenvalue weighted by molar-refractivity contribution is 5.19. The lowest BCUT2D eigenvalue weighted by Crippen LogP contribution is -1.67. The van der Waals surface area contributed by atoms with Crippen molar-refractivity contribution < 1.29 is 0 Å². The number of aromatic nitrogens is 1. The lowest BCUT2D eigenvalue weighted by atomic mass is 10.2. The molecule has 1 aromatic heterocycles.